The van der Waals surface area contributed by atoms with Crippen molar-refractivity contribution in [2.75, 3.05) is 5.32 Å². The van der Waals surface area contributed by atoms with Crippen molar-refractivity contribution >= 4 is 40.0 Å². The molecule has 1 aliphatic rings. The number of anilines is 1. The average Bonchev–Trinajstić information content (AvgIpc) is 3.20. The Balaban J connectivity index is 1.74. The van der Waals surface area contributed by atoms with E-state index in [2.05, 4.69) is 15.7 Å². The predicted octanol–water partition coefficient (Wildman–Crippen LogP) is 5.48. The molecule has 0 saturated carbocycles. The molecule has 0 unspecified atom stereocenters. The van der Waals surface area contributed by atoms with Crippen LogP contribution in [0.3, 0.4) is 0 Å². The number of rotatable bonds is 3. The van der Waals surface area contributed by atoms with Crippen molar-refractivity contribution in [3.63, 3.8) is 0 Å². The lowest BCUT2D eigenvalue weighted by atomic mass is 9.88. The molecule has 2 N–H and O–H groups in total. The second-order valence-corrected chi connectivity index (χ2v) is 8.85. The number of aromatic nitrogens is 2. The monoisotopic (exact) mass is 545 g/mol. The number of halogens is 6. The maximum Gasteiger partial charge on any atom is 0.416 e. The Labute approximate surface area is 215 Å². The molecule has 1 aromatic heterocycles. The number of amides is 2. The Morgan fingerprint density at radius 1 is 1.16 bits per heavy atom. The summed E-state index contributed by atoms with van der Waals surface area (Å²) in [6.07, 6.45) is -4.91. The Morgan fingerprint density at radius 2 is 1.89 bits per heavy atom. The second-order valence-electron chi connectivity index (χ2n) is 8.45. The first-order valence-corrected chi connectivity index (χ1v) is 11.2. The van der Waals surface area contributed by atoms with Crippen molar-refractivity contribution in [2.24, 2.45) is 7.05 Å². The lowest BCUT2D eigenvalue weighted by Gasteiger charge is -2.28. The van der Waals surface area contributed by atoms with Crippen LogP contribution in [-0.4, -0.2) is 21.6 Å². The smallest absolute Gasteiger partial charge is 0.340 e. The number of alkyl halides is 3. The molecule has 192 valence electrons. The summed E-state index contributed by atoms with van der Waals surface area (Å²) >= 11 is 6.31. The zero-order chi connectivity index (χ0) is 27.5. The van der Waals surface area contributed by atoms with Crippen LogP contribution >= 0.6 is 11.6 Å². The highest BCUT2D eigenvalue weighted by Gasteiger charge is 2.37. The van der Waals surface area contributed by atoms with Crippen LogP contribution < -0.4 is 10.6 Å². The van der Waals surface area contributed by atoms with E-state index in [1.165, 1.54) is 23.9 Å². The van der Waals surface area contributed by atoms with Gasteiger partial charge in [-0.25, -0.2) is 8.78 Å². The van der Waals surface area contributed by atoms with E-state index in [0.29, 0.717) is 12.1 Å². The van der Waals surface area contributed by atoms with Gasteiger partial charge in [-0.05, 0) is 42.5 Å². The lowest BCUT2D eigenvalue weighted by Crippen LogP contribution is -2.35. The second kappa shape index (κ2) is 8.81. The summed E-state index contributed by atoms with van der Waals surface area (Å²) in [5.74, 6) is -3.71. The van der Waals surface area contributed by atoms with Crippen molar-refractivity contribution in [3.8, 4) is 6.07 Å². The maximum absolute atomic E-state index is 14.2. The summed E-state index contributed by atoms with van der Waals surface area (Å²) in [6.45, 7) is 0. The molecule has 7 nitrogen and oxygen atoms in total. The average molecular weight is 546 g/mol. The van der Waals surface area contributed by atoms with E-state index in [4.69, 9.17) is 11.6 Å². The van der Waals surface area contributed by atoms with Crippen LogP contribution in [0, 0.1) is 23.0 Å². The van der Waals surface area contributed by atoms with Crippen LogP contribution in [0.4, 0.5) is 27.6 Å². The molecule has 0 aliphatic carbocycles. The number of carbonyl (C=O) groups excluding carboxylic acids is 2. The van der Waals surface area contributed by atoms with Crippen LogP contribution in [0.1, 0.15) is 49.1 Å². The number of nitriles is 1. The normalized spacial score (nSPS) is 14.8. The highest BCUT2D eigenvalue weighted by molar-refractivity contribution is 6.31. The van der Waals surface area contributed by atoms with Crippen molar-refractivity contribution in [2.45, 2.75) is 12.2 Å². The van der Waals surface area contributed by atoms with Gasteiger partial charge in [-0.2, -0.15) is 23.5 Å². The topological polar surface area (TPSA) is 99.8 Å². The Bertz CT molecular complexity index is 1720. The van der Waals surface area contributed by atoms with Crippen molar-refractivity contribution in [3.05, 3.63) is 92.6 Å². The number of carbonyl (C=O) groups is 2. The molecular weight excluding hydrogens is 533 g/mol. The van der Waals surface area contributed by atoms with E-state index in [1.54, 1.807) is 0 Å². The third kappa shape index (κ3) is 4.10. The third-order valence-electron chi connectivity index (χ3n) is 6.05. The van der Waals surface area contributed by atoms with Crippen molar-refractivity contribution in [1.82, 2.24) is 15.1 Å². The van der Waals surface area contributed by atoms with Crippen LogP contribution in [0.15, 0.2) is 42.5 Å². The number of benzene rings is 3. The van der Waals surface area contributed by atoms with Gasteiger partial charge in [0.15, 0.2) is 0 Å². The summed E-state index contributed by atoms with van der Waals surface area (Å²) in [4.78, 5) is 26.1. The van der Waals surface area contributed by atoms with E-state index in [1.807, 2.05) is 6.07 Å². The number of nitrogens with one attached hydrogen (secondary N) is 2. The maximum atomic E-state index is 14.2. The molecule has 0 radical (unpaired) electrons. The highest BCUT2D eigenvalue weighted by atomic mass is 35.5. The molecule has 1 aliphatic heterocycles. The Kier molecular flexibility index (Phi) is 5.83. The van der Waals surface area contributed by atoms with Gasteiger partial charge in [-0.3, -0.25) is 14.3 Å². The standard InChI is InChI=1S/C25H13ClF5N5O2/c1-36-22-19-18(21(34-24(22)38)15-8-13(27)2-3-16(15)26)17(6-11(9-32)20(19)35-36)33-23(37)10-4-12(25(29,30)31)7-14(28)5-10/h2-8,21H,1H3,(H,33,37)(H,34,38)/t21-/m0/s1. The summed E-state index contributed by atoms with van der Waals surface area (Å²) in [5, 5.41) is 19.3. The number of hydrogen-bond acceptors (Lipinski definition) is 4. The number of nitrogens with zero attached hydrogens (tertiary/aromatic N) is 3. The van der Waals surface area contributed by atoms with Gasteiger partial charge >= 0.3 is 6.18 Å². The van der Waals surface area contributed by atoms with Crippen molar-refractivity contribution in [1.29, 1.82) is 5.26 Å². The zero-order valence-electron chi connectivity index (χ0n) is 19.0. The number of hydrogen-bond donors (Lipinski definition) is 2. The van der Waals surface area contributed by atoms with Gasteiger partial charge in [-0.15, -0.1) is 0 Å². The molecule has 13 heteroatoms. The minimum Gasteiger partial charge on any atom is -0.340 e. The first-order valence-electron chi connectivity index (χ1n) is 10.8. The zero-order valence-corrected chi connectivity index (χ0v) is 19.8. The molecule has 2 amide bonds. The fraction of sp³-hybridized carbons (Fsp3) is 0.120. The van der Waals surface area contributed by atoms with Gasteiger partial charge in [0, 0.05) is 39.8 Å². The quantitative estimate of drug-likeness (QED) is 0.333. The van der Waals surface area contributed by atoms with E-state index in [-0.39, 0.29) is 50.1 Å². The molecule has 0 saturated heterocycles. The molecule has 3 aromatic carbocycles. The van der Waals surface area contributed by atoms with E-state index < -0.39 is 46.8 Å². The highest BCUT2D eigenvalue weighted by Crippen LogP contribution is 2.43. The minimum absolute atomic E-state index is 0.0245. The fourth-order valence-electron chi connectivity index (χ4n) is 4.46. The molecule has 0 fully saturated rings. The van der Waals surface area contributed by atoms with Gasteiger partial charge in [0.05, 0.1) is 17.2 Å². The molecule has 5 rings (SSSR count). The van der Waals surface area contributed by atoms with Crippen LogP contribution in [-0.2, 0) is 13.2 Å². The van der Waals surface area contributed by atoms with E-state index >= 15 is 0 Å². The Hall–Kier alpha value is -4.50. The van der Waals surface area contributed by atoms with Gasteiger partial charge < -0.3 is 10.6 Å². The molecular formula is C25H13ClF5N5O2. The minimum atomic E-state index is -4.91. The van der Waals surface area contributed by atoms with E-state index in [9.17, 15) is 36.8 Å². The van der Waals surface area contributed by atoms with Crippen LogP contribution in [0.5, 0.6) is 0 Å². The summed E-state index contributed by atoms with van der Waals surface area (Å²) in [6, 6.07) is 6.78. The molecule has 4 aromatic rings. The lowest BCUT2D eigenvalue weighted by molar-refractivity contribution is -0.137. The number of aryl methyl sites for hydroxylation is 1. The molecule has 0 bridgehead atoms. The van der Waals surface area contributed by atoms with E-state index in [0.717, 1.165) is 12.1 Å². The van der Waals surface area contributed by atoms with Gasteiger partial charge in [0.25, 0.3) is 11.8 Å². The first-order chi connectivity index (χ1) is 17.9. The summed E-state index contributed by atoms with van der Waals surface area (Å²) in [7, 11) is 1.46. The fourth-order valence-corrected chi connectivity index (χ4v) is 4.69. The Morgan fingerprint density at radius 3 is 2.58 bits per heavy atom. The SMILES string of the molecule is Cn1nc2c(C#N)cc(NC(=O)c3cc(F)cc(C(F)(F)F)c3)c3c2c1C(=O)N[C@H]3c1cc(F)ccc1Cl. The summed E-state index contributed by atoms with van der Waals surface area (Å²) < 4.78 is 69.0. The van der Waals surface area contributed by atoms with Crippen LogP contribution in [0.2, 0.25) is 5.02 Å². The largest absolute Gasteiger partial charge is 0.416 e. The predicted molar refractivity (Wildman–Crippen MR) is 126 cm³/mol. The van der Waals surface area contributed by atoms with Gasteiger partial charge in [0.1, 0.15) is 28.9 Å². The summed E-state index contributed by atoms with van der Waals surface area (Å²) in [5.41, 5.74) is -1.77. The van der Waals surface area contributed by atoms with Crippen molar-refractivity contribution < 1.29 is 31.5 Å². The molecule has 0 spiro atoms. The van der Waals surface area contributed by atoms with Gasteiger partial charge in [-0.1, -0.05) is 11.6 Å². The van der Waals surface area contributed by atoms with Gasteiger partial charge in [0.2, 0.25) is 0 Å². The molecule has 38 heavy (non-hydrogen) atoms. The molecule has 1 atom stereocenters. The molecule has 2 heterocycles. The van der Waals surface area contributed by atoms with Crippen LogP contribution in [0.25, 0.3) is 10.9 Å². The first kappa shape index (κ1) is 25.2. The third-order valence-corrected chi connectivity index (χ3v) is 6.40.